The number of Topliss-reactive ketones (excluding diaryl/α,β-unsaturated/α-hetero) is 1. The summed E-state index contributed by atoms with van der Waals surface area (Å²) < 4.78 is 25.1. The summed E-state index contributed by atoms with van der Waals surface area (Å²) in [7, 11) is -3.79. The Bertz CT molecular complexity index is 1020. The monoisotopic (exact) mass is 441 g/mol. The fraction of sp³-hybridized carbons (Fsp3) is 0.111. The Labute approximate surface area is 170 Å². The molecule has 0 aliphatic carbocycles. The van der Waals surface area contributed by atoms with Crippen LogP contribution in [0.4, 0.5) is 0 Å². The number of thioether (sulfide) groups is 1. The van der Waals surface area contributed by atoms with Crippen molar-refractivity contribution in [1.29, 1.82) is 0 Å². The SMILES string of the molecule is O=C(CN1C(=O)CSC1=CS(=O)(=O)c1ccc(Cl)cc1)c1ccc(Cl)cc1. The summed E-state index contributed by atoms with van der Waals surface area (Å²) in [5.41, 5.74) is 0.393. The highest BCUT2D eigenvalue weighted by atomic mass is 35.5. The number of benzene rings is 2. The second-order valence-electron chi connectivity index (χ2n) is 5.65. The minimum absolute atomic E-state index is 0.0586. The first-order chi connectivity index (χ1) is 12.8. The van der Waals surface area contributed by atoms with Crippen LogP contribution in [0.5, 0.6) is 0 Å². The van der Waals surface area contributed by atoms with Crippen LogP contribution in [0.2, 0.25) is 10.0 Å². The maximum atomic E-state index is 12.6. The van der Waals surface area contributed by atoms with Gasteiger partial charge < -0.3 is 0 Å². The first-order valence-corrected chi connectivity index (χ1v) is 11.0. The van der Waals surface area contributed by atoms with Crippen LogP contribution in [-0.2, 0) is 14.6 Å². The van der Waals surface area contributed by atoms with Crippen LogP contribution >= 0.6 is 35.0 Å². The molecule has 0 N–H and O–H groups in total. The molecular weight excluding hydrogens is 429 g/mol. The van der Waals surface area contributed by atoms with Crippen LogP contribution in [0.15, 0.2) is 63.9 Å². The lowest BCUT2D eigenvalue weighted by molar-refractivity contribution is -0.125. The molecule has 0 radical (unpaired) electrons. The summed E-state index contributed by atoms with van der Waals surface area (Å²) >= 11 is 12.7. The fourth-order valence-electron chi connectivity index (χ4n) is 2.37. The second kappa shape index (κ2) is 8.06. The van der Waals surface area contributed by atoms with Crippen molar-refractivity contribution in [3.8, 4) is 0 Å². The summed E-state index contributed by atoms with van der Waals surface area (Å²) in [6.45, 7) is -0.241. The van der Waals surface area contributed by atoms with Gasteiger partial charge in [-0.3, -0.25) is 14.5 Å². The largest absolute Gasteiger partial charge is 0.298 e. The van der Waals surface area contributed by atoms with Gasteiger partial charge in [0.25, 0.3) is 0 Å². The van der Waals surface area contributed by atoms with Gasteiger partial charge in [-0.05, 0) is 48.5 Å². The van der Waals surface area contributed by atoms with Crippen molar-refractivity contribution in [1.82, 2.24) is 4.90 Å². The van der Waals surface area contributed by atoms with Gasteiger partial charge in [-0.2, -0.15) is 0 Å². The molecule has 1 aliphatic heterocycles. The molecule has 0 saturated carbocycles. The third-order valence-corrected chi connectivity index (χ3v) is 6.92. The maximum absolute atomic E-state index is 12.6. The van der Waals surface area contributed by atoms with Crippen LogP contribution in [0.25, 0.3) is 0 Å². The smallest absolute Gasteiger partial charge is 0.238 e. The number of sulfone groups is 1. The van der Waals surface area contributed by atoms with Gasteiger partial charge in [0.15, 0.2) is 5.78 Å². The molecule has 0 aromatic heterocycles. The van der Waals surface area contributed by atoms with Crippen molar-refractivity contribution in [3.05, 3.63) is 74.6 Å². The van der Waals surface area contributed by atoms with Crippen LogP contribution < -0.4 is 0 Å². The highest BCUT2D eigenvalue weighted by Gasteiger charge is 2.30. The Morgan fingerprint density at radius 3 is 2.19 bits per heavy atom. The third kappa shape index (κ3) is 4.73. The molecule has 1 heterocycles. The molecular formula is C18H13Cl2NO4S2. The van der Waals surface area contributed by atoms with E-state index in [9.17, 15) is 18.0 Å². The molecule has 5 nitrogen and oxygen atoms in total. The zero-order valence-electron chi connectivity index (χ0n) is 13.8. The Morgan fingerprint density at radius 2 is 1.59 bits per heavy atom. The molecule has 2 aromatic carbocycles. The number of carbonyl (C=O) groups excluding carboxylic acids is 2. The summed E-state index contributed by atoms with van der Waals surface area (Å²) in [6.07, 6.45) is 0. The number of nitrogens with zero attached hydrogens (tertiary/aromatic N) is 1. The normalized spacial score (nSPS) is 16.1. The molecule has 2 aromatic rings. The van der Waals surface area contributed by atoms with Gasteiger partial charge >= 0.3 is 0 Å². The number of hydrogen-bond donors (Lipinski definition) is 0. The van der Waals surface area contributed by atoms with Gasteiger partial charge in [0, 0.05) is 15.6 Å². The van der Waals surface area contributed by atoms with E-state index >= 15 is 0 Å². The van der Waals surface area contributed by atoms with Crippen molar-refractivity contribution in [2.45, 2.75) is 4.90 Å². The van der Waals surface area contributed by atoms with E-state index in [1.54, 1.807) is 24.3 Å². The van der Waals surface area contributed by atoms with Crippen molar-refractivity contribution in [3.63, 3.8) is 0 Å². The first kappa shape index (κ1) is 19.9. The van der Waals surface area contributed by atoms with Crippen molar-refractivity contribution in [2.24, 2.45) is 0 Å². The number of halogens is 2. The summed E-state index contributed by atoms with van der Waals surface area (Å²) in [5, 5.41) is 2.15. The van der Waals surface area contributed by atoms with Crippen molar-refractivity contribution >= 4 is 56.5 Å². The summed E-state index contributed by atoms with van der Waals surface area (Å²) in [4.78, 5) is 25.8. The number of rotatable bonds is 5. The summed E-state index contributed by atoms with van der Waals surface area (Å²) in [6, 6.07) is 12.0. The first-order valence-electron chi connectivity index (χ1n) is 7.70. The van der Waals surface area contributed by atoms with E-state index in [1.807, 2.05) is 0 Å². The minimum Gasteiger partial charge on any atom is -0.298 e. The predicted octanol–water partition coefficient (Wildman–Crippen LogP) is 4.02. The molecule has 0 unspecified atom stereocenters. The Morgan fingerprint density at radius 1 is 1.04 bits per heavy atom. The fourth-order valence-corrected chi connectivity index (χ4v) is 5.07. The van der Waals surface area contributed by atoms with Crippen LogP contribution in [-0.4, -0.2) is 37.3 Å². The highest BCUT2D eigenvalue weighted by Crippen LogP contribution is 2.31. The van der Waals surface area contributed by atoms with Crippen molar-refractivity contribution in [2.75, 3.05) is 12.3 Å². The molecule has 140 valence electrons. The Balaban J connectivity index is 1.85. The second-order valence-corrected chi connectivity index (χ2v) is 9.32. The predicted molar refractivity (Wildman–Crippen MR) is 107 cm³/mol. The average molecular weight is 442 g/mol. The number of hydrogen-bond acceptors (Lipinski definition) is 5. The van der Waals surface area contributed by atoms with E-state index in [0.29, 0.717) is 15.6 Å². The van der Waals surface area contributed by atoms with Gasteiger partial charge in [0.05, 0.1) is 27.6 Å². The van der Waals surface area contributed by atoms with Crippen LogP contribution in [0, 0.1) is 0 Å². The molecule has 3 rings (SSSR count). The lowest BCUT2D eigenvalue weighted by Crippen LogP contribution is -2.30. The van der Waals surface area contributed by atoms with Crippen LogP contribution in [0.1, 0.15) is 10.4 Å². The Hall–Kier alpha value is -1.80. The molecule has 1 amide bonds. The zero-order valence-corrected chi connectivity index (χ0v) is 16.9. The van der Waals surface area contributed by atoms with Crippen molar-refractivity contribution < 1.29 is 18.0 Å². The van der Waals surface area contributed by atoms with Crippen LogP contribution in [0.3, 0.4) is 0 Å². The molecule has 1 fully saturated rings. The molecule has 9 heteroatoms. The molecule has 0 spiro atoms. The average Bonchev–Trinajstić information content (AvgIpc) is 2.95. The topological polar surface area (TPSA) is 71.5 Å². The Kier molecular flexibility index (Phi) is 5.95. The lowest BCUT2D eigenvalue weighted by atomic mass is 10.1. The maximum Gasteiger partial charge on any atom is 0.238 e. The van der Waals surface area contributed by atoms with Gasteiger partial charge in [0.2, 0.25) is 15.7 Å². The van der Waals surface area contributed by atoms with Gasteiger partial charge in [-0.25, -0.2) is 8.42 Å². The number of ketones is 1. The molecule has 1 saturated heterocycles. The molecule has 27 heavy (non-hydrogen) atoms. The number of amides is 1. The van der Waals surface area contributed by atoms with Gasteiger partial charge in [0.1, 0.15) is 0 Å². The van der Waals surface area contributed by atoms with E-state index in [2.05, 4.69) is 0 Å². The quantitative estimate of drug-likeness (QED) is 0.654. The highest BCUT2D eigenvalue weighted by molar-refractivity contribution is 8.05. The van der Waals surface area contributed by atoms with E-state index in [4.69, 9.17) is 23.2 Å². The minimum atomic E-state index is -3.79. The zero-order chi connectivity index (χ0) is 19.6. The van der Waals surface area contributed by atoms with E-state index in [1.165, 1.54) is 29.2 Å². The molecule has 0 bridgehead atoms. The number of carbonyl (C=O) groups is 2. The van der Waals surface area contributed by atoms with Gasteiger partial charge in [-0.1, -0.05) is 35.0 Å². The van der Waals surface area contributed by atoms with E-state index in [0.717, 1.165) is 17.2 Å². The summed E-state index contributed by atoms with van der Waals surface area (Å²) in [5.74, 6) is -0.548. The standard InChI is InChI=1S/C18H13Cl2NO4S2/c19-13-3-1-12(2-4-13)16(22)9-21-17(23)10-26-18(21)11-27(24,25)15-7-5-14(20)6-8-15/h1-8,11H,9-10H2. The third-order valence-electron chi connectivity index (χ3n) is 3.78. The van der Waals surface area contributed by atoms with E-state index < -0.39 is 9.84 Å². The lowest BCUT2D eigenvalue weighted by Gasteiger charge is -2.16. The molecule has 0 atom stereocenters. The molecule has 1 aliphatic rings. The van der Waals surface area contributed by atoms with Gasteiger partial charge in [-0.15, -0.1) is 0 Å². The van der Waals surface area contributed by atoms with E-state index in [-0.39, 0.29) is 33.9 Å².